The second-order valence-corrected chi connectivity index (χ2v) is 5.76. The predicted molar refractivity (Wildman–Crippen MR) is 86.1 cm³/mol. The van der Waals surface area contributed by atoms with E-state index < -0.39 is 5.97 Å². The first-order valence-corrected chi connectivity index (χ1v) is 7.78. The molecule has 0 atom stereocenters. The van der Waals surface area contributed by atoms with Gasteiger partial charge in [-0.15, -0.1) is 0 Å². The third-order valence-corrected chi connectivity index (χ3v) is 3.98. The van der Waals surface area contributed by atoms with Crippen molar-refractivity contribution in [1.82, 2.24) is 5.32 Å². The number of hydrogen-bond donors (Lipinski definition) is 2. The number of esters is 1. The van der Waals surface area contributed by atoms with Crippen LogP contribution in [0.15, 0.2) is 18.2 Å². The van der Waals surface area contributed by atoms with Crippen LogP contribution in [0.5, 0.6) is 0 Å². The third-order valence-electron chi connectivity index (χ3n) is 3.98. The SMILES string of the molecule is COC(=O)c1cc(C)ccc1NC(=O)CCNC(=O)C1CCC1. The fraction of sp³-hybridized carbons (Fsp3) is 0.471. The molecule has 0 radical (unpaired) electrons. The zero-order valence-electron chi connectivity index (χ0n) is 13.5. The lowest BCUT2D eigenvalue weighted by Gasteiger charge is -2.23. The van der Waals surface area contributed by atoms with Crippen LogP contribution in [0.3, 0.4) is 0 Å². The first-order valence-electron chi connectivity index (χ1n) is 7.78. The monoisotopic (exact) mass is 318 g/mol. The van der Waals surface area contributed by atoms with Crippen LogP contribution in [0, 0.1) is 12.8 Å². The van der Waals surface area contributed by atoms with E-state index in [0.717, 1.165) is 24.8 Å². The van der Waals surface area contributed by atoms with E-state index in [-0.39, 0.29) is 24.2 Å². The minimum atomic E-state index is -0.498. The van der Waals surface area contributed by atoms with E-state index in [1.165, 1.54) is 7.11 Å². The summed E-state index contributed by atoms with van der Waals surface area (Å²) < 4.78 is 4.72. The molecule has 124 valence electrons. The number of amides is 2. The van der Waals surface area contributed by atoms with Crippen LogP contribution in [0.1, 0.15) is 41.6 Å². The van der Waals surface area contributed by atoms with Gasteiger partial charge in [0.2, 0.25) is 11.8 Å². The summed E-state index contributed by atoms with van der Waals surface area (Å²) in [6, 6.07) is 5.15. The van der Waals surface area contributed by atoms with Gasteiger partial charge >= 0.3 is 5.97 Å². The highest BCUT2D eigenvalue weighted by Crippen LogP contribution is 2.26. The average Bonchev–Trinajstić information content (AvgIpc) is 2.46. The van der Waals surface area contributed by atoms with Gasteiger partial charge in [0.25, 0.3) is 0 Å². The summed E-state index contributed by atoms with van der Waals surface area (Å²) in [4.78, 5) is 35.4. The highest BCUT2D eigenvalue weighted by Gasteiger charge is 2.24. The Kier molecular flexibility index (Phi) is 5.73. The average molecular weight is 318 g/mol. The maximum Gasteiger partial charge on any atom is 0.339 e. The molecular weight excluding hydrogens is 296 g/mol. The van der Waals surface area contributed by atoms with Crippen molar-refractivity contribution in [2.45, 2.75) is 32.6 Å². The van der Waals surface area contributed by atoms with E-state index in [4.69, 9.17) is 4.74 Å². The highest BCUT2D eigenvalue weighted by atomic mass is 16.5. The molecule has 6 nitrogen and oxygen atoms in total. The van der Waals surface area contributed by atoms with E-state index in [1.807, 2.05) is 6.92 Å². The van der Waals surface area contributed by atoms with Crippen molar-refractivity contribution < 1.29 is 19.1 Å². The molecule has 0 aromatic heterocycles. The molecule has 23 heavy (non-hydrogen) atoms. The fourth-order valence-electron chi connectivity index (χ4n) is 2.37. The van der Waals surface area contributed by atoms with E-state index in [2.05, 4.69) is 10.6 Å². The fourth-order valence-corrected chi connectivity index (χ4v) is 2.37. The van der Waals surface area contributed by atoms with Crippen LogP contribution in [-0.4, -0.2) is 31.4 Å². The molecule has 1 fully saturated rings. The number of carbonyl (C=O) groups excluding carboxylic acids is 3. The lowest BCUT2D eigenvalue weighted by atomic mass is 9.85. The van der Waals surface area contributed by atoms with Gasteiger partial charge in [0.05, 0.1) is 18.4 Å². The molecule has 1 aromatic rings. The standard InChI is InChI=1S/C17H22N2O4/c1-11-6-7-14(13(10-11)17(22)23-2)19-15(20)8-9-18-16(21)12-4-3-5-12/h6-7,10,12H,3-5,8-9H2,1-2H3,(H,18,21)(H,19,20). The number of hydrogen-bond acceptors (Lipinski definition) is 4. The molecule has 0 unspecified atom stereocenters. The number of ether oxygens (including phenoxy) is 1. The molecule has 0 saturated heterocycles. The number of nitrogens with one attached hydrogen (secondary N) is 2. The van der Waals surface area contributed by atoms with Gasteiger partial charge in [-0.25, -0.2) is 4.79 Å². The molecule has 0 heterocycles. The van der Waals surface area contributed by atoms with Crippen LogP contribution < -0.4 is 10.6 Å². The number of methoxy groups -OCH3 is 1. The third kappa shape index (κ3) is 4.55. The molecule has 2 rings (SSSR count). The maximum atomic E-state index is 12.0. The van der Waals surface area contributed by atoms with Crippen molar-refractivity contribution in [2.75, 3.05) is 19.0 Å². The molecule has 1 aromatic carbocycles. The first kappa shape index (κ1) is 17.0. The first-order chi connectivity index (χ1) is 11.0. The van der Waals surface area contributed by atoms with E-state index in [9.17, 15) is 14.4 Å². The molecule has 0 aliphatic heterocycles. The van der Waals surface area contributed by atoms with Gasteiger partial charge in [0.1, 0.15) is 0 Å². The molecule has 6 heteroatoms. The maximum absolute atomic E-state index is 12.0. The van der Waals surface area contributed by atoms with Crippen LogP contribution >= 0.6 is 0 Å². The van der Waals surface area contributed by atoms with Gasteiger partial charge in [-0.05, 0) is 31.9 Å². The molecule has 0 spiro atoms. The Balaban J connectivity index is 1.87. The second-order valence-electron chi connectivity index (χ2n) is 5.76. The summed E-state index contributed by atoms with van der Waals surface area (Å²) in [5, 5.41) is 5.46. The number of anilines is 1. The van der Waals surface area contributed by atoms with Crippen LogP contribution in [-0.2, 0) is 14.3 Å². The summed E-state index contributed by atoms with van der Waals surface area (Å²) in [5.41, 5.74) is 1.63. The lowest BCUT2D eigenvalue weighted by molar-refractivity contribution is -0.127. The molecule has 0 bridgehead atoms. The zero-order valence-corrected chi connectivity index (χ0v) is 13.5. The number of benzene rings is 1. The van der Waals surface area contributed by atoms with Gasteiger partial charge in [0, 0.05) is 18.9 Å². The molecule has 1 aliphatic carbocycles. The lowest BCUT2D eigenvalue weighted by Crippen LogP contribution is -2.36. The van der Waals surface area contributed by atoms with Crippen molar-refractivity contribution in [3.63, 3.8) is 0 Å². The van der Waals surface area contributed by atoms with Crippen molar-refractivity contribution in [3.8, 4) is 0 Å². The van der Waals surface area contributed by atoms with Crippen LogP contribution in [0.4, 0.5) is 5.69 Å². The molecule has 1 saturated carbocycles. The number of aryl methyl sites for hydroxylation is 1. The number of carbonyl (C=O) groups is 3. The summed E-state index contributed by atoms with van der Waals surface area (Å²) in [7, 11) is 1.30. The minimum Gasteiger partial charge on any atom is -0.465 e. The Bertz CT molecular complexity index is 609. The Labute approximate surface area is 135 Å². The summed E-state index contributed by atoms with van der Waals surface area (Å²) >= 11 is 0. The smallest absolute Gasteiger partial charge is 0.339 e. The predicted octanol–water partition coefficient (Wildman–Crippen LogP) is 2.03. The Morgan fingerprint density at radius 2 is 2.00 bits per heavy atom. The van der Waals surface area contributed by atoms with E-state index in [0.29, 0.717) is 17.8 Å². The van der Waals surface area contributed by atoms with Gasteiger partial charge in [-0.3, -0.25) is 9.59 Å². The Hall–Kier alpha value is -2.37. The largest absolute Gasteiger partial charge is 0.465 e. The van der Waals surface area contributed by atoms with Crippen LogP contribution in [0.25, 0.3) is 0 Å². The summed E-state index contributed by atoms with van der Waals surface area (Å²) in [6.45, 7) is 2.15. The van der Waals surface area contributed by atoms with Crippen molar-refractivity contribution >= 4 is 23.5 Å². The van der Waals surface area contributed by atoms with E-state index in [1.54, 1.807) is 18.2 Å². The van der Waals surface area contributed by atoms with Crippen molar-refractivity contribution in [2.24, 2.45) is 5.92 Å². The van der Waals surface area contributed by atoms with Gasteiger partial charge in [-0.1, -0.05) is 18.1 Å². The summed E-state index contributed by atoms with van der Waals surface area (Å²) in [5.74, 6) is -0.620. The Morgan fingerprint density at radius 3 is 2.61 bits per heavy atom. The topological polar surface area (TPSA) is 84.5 Å². The molecule has 2 amide bonds. The van der Waals surface area contributed by atoms with Crippen molar-refractivity contribution in [1.29, 1.82) is 0 Å². The zero-order chi connectivity index (χ0) is 16.8. The molecule has 2 N–H and O–H groups in total. The molecule has 1 aliphatic rings. The van der Waals surface area contributed by atoms with Gasteiger partial charge in [0.15, 0.2) is 0 Å². The second kappa shape index (κ2) is 7.76. The quantitative estimate of drug-likeness (QED) is 0.786. The molecular formula is C17H22N2O4. The van der Waals surface area contributed by atoms with Gasteiger partial charge in [-0.2, -0.15) is 0 Å². The van der Waals surface area contributed by atoms with E-state index >= 15 is 0 Å². The number of rotatable bonds is 6. The van der Waals surface area contributed by atoms with Crippen molar-refractivity contribution in [3.05, 3.63) is 29.3 Å². The summed E-state index contributed by atoms with van der Waals surface area (Å²) in [6.07, 6.45) is 3.13. The Morgan fingerprint density at radius 1 is 1.26 bits per heavy atom. The van der Waals surface area contributed by atoms with Gasteiger partial charge < -0.3 is 15.4 Å². The minimum absolute atomic E-state index is 0.0228. The van der Waals surface area contributed by atoms with Crippen LogP contribution in [0.2, 0.25) is 0 Å². The highest BCUT2D eigenvalue weighted by molar-refractivity contribution is 6.01. The normalized spacial score (nSPS) is 13.8.